The Hall–Kier alpha value is -3.39. The number of aromatic nitrogens is 1. The van der Waals surface area contributed by atoms with E-state index in [2.05, 4.69) is 4.98 Å². The number of likely N-dealkylation sites (tertiary alicyclic amines) is 1. The molecule has 0 saturated carbocycles. The zero-order chi connectivity index (χ0) is 34.0. The van der Waals surface area contributed by atoms with Crippen LogP contribution in [0.25, 0.3) is 0 Å². The summed E-state index contributed by atoms with van der Waals surface area (Å²) in [7, 11) is -4.12. The number of rotatable bonds is 10. The van der Waals surface area contributed by atoms with Gasteiger partial charge in [0.2, 0.25) is 15.9 Å². The van der Waals surface area contributed by atoms with Crippen molar-refractivity contribution in [1.29, 1.82) is 0 Å². The Kier molecular flexibility index (Phi) is 10.9. The average molecular weight is 658 g/mol. The van der Waals surface area contributed by atoms with Crippen LogP contribution >= 0.6 is 0 Å². The molecule has 2 atom stereocenters. The monoisotopic (exact) mass is 657 g/mol. The molecule has 1 aliphatic heterocycles. The minimum Gasteiger partial charge on any atom is -0.466 e. The highest BCUT2D eigenvalue weighted by Gasteiger charge is 2.58. The Bertz CT molecular complexity index is 1500. The third kappa shape index (κ3) is 10.1. The fraction of sp³-hybridized carbons (Fsp3) is 0.581. The number of carbonyl (C=O) groups excluding carboxylic acids is 2. The molecular formula is C31H42F3N3O7S. The van der Waals surface area contributed by atoms with Crippen LogP contribution in [0.5, 0.6) is 5.88 Å². The van der Waals surface area contributed by atoms with Gasteiger partial charge >= 0.3 is 12.1 Å². The van der Waals surface area contributed by atoms with Crippen molar-refractivity contribution in [2.45, 2.75) is 97.4 Å². The van der Waals surface area contributed by atoms with Crippen LogP contribution in [0.2, 0.25) is 0 Å². The molecule has 2 heterocycles. The first-order chi connectivity index (χ1) is 20.6. The molecule has 2 aromatic rings. The van der Waals surface area contributed by atoms with Crippen molar-refractivity contribution >= 4 is 22.1 Å². The van der Waals surface area contributed by atoms with Gasteiger partial charge in [-0.15, -0.1) is 0 Å². The van der Waals surface area contributed by atoms with Crippen LogP contribution in [0.4, 0.5) is 18.0 Å². The summed E-state index contributed by atoms with van der Waals surface area (Å²) >= 11 is 0. The van der Waals surface area contributed by atoms with Gasteiger partial charge < -0.3 is 14.2 Å². The summed E-state index contributed by atoms with van der Waals surface area (Å²) in [5, 5.41) is 0. The molecule has 1 aliphatic rings. The molecule has 45 heavy (non-hydrogen) atoms. The van der Waals surface area contributed by atoms with E-state index in [4.69, 9.17) is 14.2 Å². The maximum atomic E-state index is 16.0. The zero-order valence-electron chi connectivity index (χ0n) is 26.9. The van der Waals surface area contributed by atoms with E-state index in [1.807, 2.05) is 4.72 Å². The average Bonchev–Trinajstić information content (AvgIpc) is 3.14. The number of aryl methyl sites for hydroxylation is 1. The summed E-state index contributed by atoms with van der Waals surface area (Å²) in [6, 6.07) is 4.26. The summed E-state index contributed by atoms with van der Waals surface area (Å²) < 4.78 is 89.4. The lowest BCUT2D eigenvalue weighted by molar-refractivity contribution is -0.157. The SMILES string of the molecule is CCS(=O)(=O)N[C@@H]1[C@H](Cc2cccc(Cc3nc(OCC(=O)OC(C)(C)C)ccc3C)c2F)N(C(=O)OC(C)(C)C)CC1(F)F. The van der Waals surface area contributed by atoms with Crippen molar-refractivity contribution in [2.24, 2.45) is 0 Å². The lowest BCUT2D eigenvalue weighted by Gasteiger charge is -2.30. The molecule has 1 N–H and O–H groups in total. The topological polar surface area (TPSA) is 124 Å². The number of ether oxygens (including phenoxy) is 3. The number of nitrogens with one attached hydrogen (secondary N) is 1. The quantitative estimate of drug-likeness (QED) is 0.357. The summed E-state index contributed by atoms with van der Waals surface area (Å²) in [6.07, 6.45) is -1.49. The Morgan fingerprint density at radius 3 is 2.27 bits per heavy atom. The fourth-order valence-corrected chi connectivity index (χ4v) is 5.62. The summed E-state index contributed by atoms with van der Waals surface area (Å²) in [5.41, 5.74) is -0.354. The molecule has 250 valence electrons. The molecule has 0 spiro atoms. The standard InChI is InChI=1S/C31H42F3N3O7S/c1-9-45(40,41)36-27-23(37(18-31(27,33)34)28(39)44-30(6,7)8)16-21-12-10-11-20(26(21)32)15-22-19(2)13-14-24(35-22)42-17-25(38)43-29(3,4)5/h10-14,23,27,36H,9,15-18H2,1-8H3/t23-,27+/m0/s1. The number of hydrogen-bond acceptors (Lipinski definition) is 8. The van der Waals surface area contributed by atoms with E-state index in [1.165, 1.54) is 19.1 Å². The molecule has 1 aromatic heterocycles. The molecule has 0 unspecified atom stereocenters. The minimum absolute atomic E-state index is 0.000520. The van der Waals surface area contributed by atoms with Gasteiger partial charge in [-0.2, -0.15) is 0 Å². The van der Waals surface area contributed by atoms with E-state index >= 15 is 13.2 Å². The molecule has 0 bridgehead atoms. The van der Waals surface area contributed by atoms with Gasteiger partial charge in [0.15, 0.2) is 6.61 Å². The summed E-state index contributed by atoms with van der Waals surface area (Å²) in [6.45, 7) is 11.5. The highest BCUT2D eigenvalue weighted by Crippen LogP contribution is 2.36. The van der Waals surface area contributed by atoms with Crippen LogP contribution in [-0.4, -0.2) is 78.5 Å². The summed E-state index contributed by atoms with van der Waals surface area (Å²) in [4.78, 5) is 30.2. The number of halogens is 3. The van der Waals surface area contributed by atoms with Crippen molar-refractivity contribution in [3.05, 3.63) is 58.5 Å². The number of esters is 1. The molecular weight excluding hydrogens is 615 g/mol. The number of amides is 1. The highest BCUT2D eigenvalue weighted by atomic mass is 32.2. The Balaban J connectivity index is 1.90. The van der Waals surface area contributed by atoms with E-state index in [1.54, 1.807) is 66.7 Å². The first-order valence-electron chi connectivity index (χ1n) is 14.6. The normalized spacial score (nSPS) is 18.5. The van der Waals surface area contributed by atoms with E-state index in [9.17, 15) is 18.0 Å². The molecule has 0 radical (unpaired) electrons. The van der Waals surface area contributed by atoms with Crippen LogP contribution < -0.4 is 9.46 Å². The van der Waals surface area contributed by atoms with Crippen molar-refractivity contribution in [2.75, 3.05) is 18.9 Å². The van der Waals surface area contributed by atoms with Gasteiger partial charge in [0, 0.05) is 12.5 Å². The predicted molar refractivity (Wildman–Crippen MR) is 161 cm³/mol. The van der Waals surface area contributed by atoms with Crippen LogP contribution in [0.3, 0.4) is 0 Å². The Morgan fingerprint density at radius 1 is 1.04 bits per heavy atom. The number of carbonyl (C=O) groups is 2. The van der Waals surface area contributed by atoms with Crippen molar-refractivity contribution in [1.82, 2.24) is 14.6 Å². The number of benzene rings is 1. The van der Waals surface area contributed by atoms with Gasteiger partial charge in [0.05, 0.1) is 24.0 Å². The minimum atomic E-state index is -4.12. The van der Waals surface area contributed by atoms with Crippen molar-refractivity contribution in [3.8, 4) is 5.88 Å². The molecule has 14 heteroatoms. The van der Waals surface area contributed by atoms with Crippen LogP contribution in [0.1, 0.15) is 70.9 Å². The number of nitrogens with zero attached hydrogens (tertiary/aromatic N) is 2. The Labute approximate surface area is 262 Å². The van der Waals surface area contributed by atoms with Gasteiger partial charge in [0.25, 0.3) is 5.92 Å². The van der Waals surface area contributed by atoms with Crippen molar-refractivity contribution in [3.63, 3.8) is 0 Å². The first kappa shape index (κ1) is 36.1. The van der Waals surface area contributed by atoms with E-state index in [-0.39, 0.29) is 30.0 Å². The highest BCUT2D eigenvalue weighted by molar-refractivity contribution is 7.89. The summed E-state index contributed by atoms with van der Waals surface area (Å²) in [5.74, 6) is -5.28. The maximum Gasteiger partial charge on any atom is 0.410 e. The van der Waals surface area contributed by atoms with Gasteiger partial charge in [-0.05, 0) is 78.5 Å². The van der Waals surface area contributed by atoms with E-state index in [0.29, 0.717) is 11.3 Å². The zero-order valence-corrected chi connectivity index (χ0v) is 27.7. The number of pyridine rings is 1. The molecule has 3 rings (SSSR count). The van der Waals surface area contributed by atoms with Gasteiger partial charge in [-0.1, -0.05) is 24.3 Å². The molecule has 10 nitrogen and oxygen atoms in total. The second-order valence-corrected chi connectivity index (χ2v) is 15.0. The predicted octanol–water partition coefficient (Wildman–Crippen LogP) is 4.95. The maximum absolute atomic E-state index is 16.0. The molecule has 1 fully saturated rings. The van der Waals surface area contributed by atoms with Crippen molar-refractivity contribution < 1.29 is 45.4 Å². The molecule has 1 amide bonds. The number of sulfonamides is 1. The molecule has 1 saturated heterocycles. The lowest BCUT2D eigenvalue weighted by atomic mass is 9.96. The second kappa shape index (κ2) is 13.5. The fourth-order valence-electron chi connectivity index (χ4n) is 4.74. The Morgan fingerprint density at radius 2 is 1.67 bits per heavy atom. The third-order valence-corrected chi connectivity index (χ3v) is 8.19. The van der Waals surface area contributed by atoms with E-state index in [0.717, 1.165) is 4.90 Å². The van der Waals surface area contributed by atoms with Crippen LogP contribution in [0, 0.1) is 12.7 Å². The van der Waals surface area contributed by atoms with Crippen LogP contribution in [-0.2, 0) is 37.1 Å². The number of alkyl halides is 2. The van der Waals surface area contributed by atoms with Gasteiger partial charge in [-0.25, -0.2) is 40.9 Å². The van der Waals surface area contributed by atoms with E-state index < -0.39 is 75.8 Å². The van der Waals surface area contributed by atoms with Crippen LogP contribution in [0.15, 0.2) is 30.3 Å². The van der Waals surface area contributed by atoms with Gasteiger partial charge in [0.1, 0.15) is 23.1 Å². The number of hydrogen-bond donors (Lipinski definition) is 1. The molecule has 1 aromatic carbocycles. The second-order valence-electron chi connectivity index (χ2n) is 13.0. The van der Waals surface area contributed by atoms with Gasteiger partial charge in [-0.3, -0.25) is 4.90 Å². The largest absolute Gasteiger partial charge is 0.466 e. The smallest absolute Gasteiger partial charge is 0.410 e. The lowest BCUT2D eigenvalue weighted by Crippen LogP contribution is -2.53. The third-order valence-electron chi connectivity index (χ3n) is 6.82. The molecule has 0 aliphatic carbocycles. The first-order valence-corrected chi connectivity index (χ1v) is 16.2.